The fraction of sp³-hybridized carbons (Fsp3) is 0.333. The molecule has 114 valence electrons. The van der Waals surface area contributed by atoms with Crippen molar-refractivity contribution in [3.63, 3.8) is 0 Å². The van der Waals surface area contributed by atoms with Crippen LogP contribution in [0, 0.1) is 0 Å². The van der Waals surface area contributed by atoms with E-state index in [1.54, 1.807) is 12.1 Å². The zero-order chi connectivity index (χ0) is 15.4. The first-order valence-corrected chi connectivity index (χ1v) is 7.75. The van der Waals surface area contributed by atoms with Crippen LogP contribution < -0.4 is 0 Å². The van der Waals surface area contributed by atoms with Gasteiger partial charge in [-0.15, -0.1) is 0 Å². The first-order chi connectivity index (χ1) is 10.7. The first kappa shape index (κ1) is 14.7. The molecule has 0 saturated carbocycles. The number of carboxylic acid groups (broad SMARTS) is 1. The monoisotopic (exact) mass is 296 g/mol. The topological polar surface area (TPSA) is 53.4 Å². The van der Waals surface area contributed by atoms with Gasteiger partial charge in [-0.2, -0.15) is 0 Å². The minimum atomic E-state index is -0.904. The number of rotatable bonds is 4. The van der Waals surface area contributed by atoms with E-state index in [2.05, 4.69) is 9.88 Å². The molecule has 1 aromatic carbocycles. The number of hydrogen-bond donors (Lipinski definition) is 1. The second-order valence-electron chi connectivity index (χ2n) is 5.70. The molecule has 0 amide bonds. The normalized spacial score (nSPS) is 15.6. The van der Waals surface area contributed by atoms with E-state index in [0.717, 1.165) is 24.3 Å². The second-order valence-corrected chi connectivity index (χ2v) is 5.70. The lowest BCUT2D eigenvalue weighted by Crippen LogP contribution is -2.30. The van der Waals surface area contributed by atoms with Crippen molar-refractivity contribution in [3.05, 3.63) is 53.7 Å². The molecule has 1 aromatic heterocycles. The number of aromatic nitrogens is 1. The highest BCUT2D eigenvalue weighted by atomic mass is 16.4. The van der Waals surface area contributed by atoms with Gasteiger partial charge in [-0.25, -0.2) is 4.79 Å². The molecule has 2 heterocycles. The van der Waals surface area contributed by atoms with Gasteiger partial charge >= 0.3 is 5.97 Å². The Morgan fingerprint density at radius 3 is 2.45 bits per heavy atom. The van der Waals surface area contributed by atoms with Gasteiger partial charge in [0.2, 0.25) is 0 Å². The van der Waals surface area contributed by atoms with Gasteiger partial charge in [-0.1, -0.05) is 36.8 Å². The van der Waals surface area contributed by atoms with Gasteiger partial charge in [0.05, 0.1) is 17.0 Å². The first-order valence-electron chi connectivity index (χ1n) is 7.75. The highest BCUT2D eigenvalue weighted by Gasteiger charge is 2.17. The molecule has 2 aromatic rings. The molecule has 1 aliphatic heterocycles. The average molecular weight is 296 g/mol. The van der Waals surface area contributed by atoms with E-state index in [1.165, 1.54) is 19.3 Å². The largest absolute Gasteiger partial charge is 0.478 e. The van der Waals surface area contributed by atoms with Gasteiger partial charge in [-0.05, 0) is 38.1 Å². The van der Waals surface area contributed by atoms with Crippen molar-refractivity contribution >= 4 is 5.97 Å². The van der Waals surface area contributed by atoms with E-state index in [9.17, 15) is 9.90 Å². The van der Waals surface area contributed by atoms with Crippen molar-refractivity contribution in [2.45, 2.75) is 25.8 Å². The van der Waals surface area contributed by atoms with Crippen LogP contribution in [0.3, 0.4) is 0 Å². The minimum absolute atomic E-state index is 0.310. The van der Waals surface area contributed by atoms with Gasteiger partial charge in [0.1, 0.15) is 0 Å². The smallest absolute Gasteiger partial charge is 0.337 e. The number of likely N-dealkylation sites (tertiary alicyclic amines) is 1. The quantitative estimate of drug-likeness (QED) is 0.939. The molecular weight excluding hydrogens is 276 g/mol. The van der Waals surface area contributed by atoms with E-state index in [4.69, 9.17) is 0 Å². The summed E-state index contributed by atoms with van der Waals surface area (Å²) in [5.41, 5.74) is 2.82. The molecule has 1 fully saturated rings. The predicted octanol–water partition coefficient (Wildman–Crippen LogP) is 3.43. The second kappa shape index (κ2) is 6.71. The van der Waals surface area contributed by atoms with Crippen LogP contribution in [0.25, 0.3) is 11.3 Å². The molecule has 3 rings (SSSR count). The third-order valence-corrected chi connectivity index (χ3v) is 4.10. The number of benzene rings is 1. The van der Waals surface area contributed by atoms with Crippen LogP contribution in [0.2, 0.25) is 0 Å². The number of nitrogens with zero attached hydrogens (tertiary/aromatic N) is 2. The van der Waals surface area contributed by atoms with Crippen molar-refractivity contribution in [2.24, 2.45) is 0 Å². The summed E-state index contributed by atoms with van der Waals surface area (Å²) in [6.45, 7) is 2.66. The lowest BCUT2D eigenvalue weighted by molar-refractivity contribution is 0.0693. The molecular formula is C18H20N2O2. The Labute approximate surface area is 130 Å². The highest BCUT2D eigenvalue weighted by molar-refractivity contribution is 5.89. The van der Waals surface area contributed by atoms with Crippen LogP contribution in [-0.2, 0) is 6.54 Å². The summed E-state index contributed by atoms with van der Waals surface area (Å²) in [4.78, 5) is 18.4. The summed E-state index contributed by atoms with van der Waals surface area (Å²) in [5.74, 6) is -0.904. The van der Waals surface area contributed by atoms with Crippen molar-refractivity contribution in [1.29, 1.82) is 0 Å². The lowest BCUT2D eigenvalue weighted by atomic mass is 10.1. The van der Waals surface area contributed by atoms with Gasteiger partial charge in [0.25, 0.3) is 0 Å². The highest BCUT2D eigenvalue weighted by Crippen LogP contribution is 2.21. The molecule has 0 unspecified atom stereocenters. The zero-order valence-corrected chi connectivity index (χ0v) is 12.5. The zero-order valence-electron chi connectivity index (χ0n) is 12.5. The van der Waals surface area contributed by atoms with Crippen molar-refractivity contribution in [1.82, 2.24) is 9.88 Å². The van der Waals surface area contributed by atoms with Crippen LogP contribution >= 0.6 is 0 Å². The Hall–Kier alpha value is -2.20. The van der Waals surface area contributed by atoms with E-state index >= 15 is 0 Å². The molecule has 0 bridgehead atoms. The summed E-state index contributed by atoms with van der Waals surface area (Å²) in [6.07, 6.45) is 3.63. The van der Waals surface area contributed by atoms with Gasteiger partial charge in [0, 0.05) is 12.1 Å². The van der Waals surface area contributed by atoms with Gasteiger partial charge in [0.15, 0.2) is 0 Å². The van der Waals surface area contributed by atoms with Crippen LogP contribution in [0.15, 0.2) is 42.5 Å². The Balaban J connectivity index is 1.92. The number of hydrogen-bond acceptors (Lipinski definition) is 3. The van der Waals surface area contributed by atoms with Crippen molar-refractivity contribution in [2.75, 3.05) is 13.1 Å². The summed E-state index contributed by atoms with van der Waals surface area (Å²) in [6, 6.07) is 13.3. The SMILES string of the molecule is O=C(O)c1ccc(-c2ccccc2)nc1CN1CCCCC1. The van der Waals surface area contributed by atoms with E-state index in [0.29, 0.717) is 17.8 Å². The number of aromatic carboxylic acids is 1. The third-order valence-electron chi connectivity index (χ3n) is 4.10. The number of piperidine rings is 1. The Kier molecular flexibility index (Phi) is 4.49. The molecule has 0 radical (unpaired) electrons. The van der Waals surface area contributed by atoms with Crippen LogP contribution in [0.4, 0.5) is 0 Å². The van der Waals surface area contributed by atoms with E-state index < -0.39 is 5.97 Å². The number of carbonyl (C=O) groups is 1. The molecule has 0 spiro atoms. The van der Waals surface area contributed by atoms with E-state index in [1.807, 2.05) is 30.3 Å². The van der Waals surface area contributed by atoms with Gasteiger partial charge < -0.3 is 5.11 Å². The molecule has 0 aliphatic carbocycles. The van der Waals surface area contributed by atoms with Crippen molar-refractivity contribution in [3.8, 4) is 11.3 Å². The van der Waals surface area contributed by atoms with Gasteiger partial charge in [-0.3, -0.25) is 9.88 Å². The molecule has 4 heteroatoms. The molecule has 1 aliphatic rings. The van der Waals surface area contributed by atoms with Crippen LogP contribution in [-0.4, -0.2) is 34.0 Å². The fourth-order valence-electron chi connectivity index (χ4n) is 2.92. The summed E-state index contributed by atoms with van der Waals surface area (Å²) in [7, 11) is 0. The molecule has 4 nitrogen and oxygen atoms in total. The maximum absolute atomic E-state index is 11.5. The molecule has 22 heavy (non-hydrogen) atoms. The summed E-state index contributed by atoms with van der Waals surface area (Å²) < 4.78 is 0. The standard InChI is InChI=1S/C18H20N2O2/c21-18(22)15-9-10-16(14-7-3-1-4-8-14)19-17(15)13-20-11-5-2-6-12-20/h1,3-4,7-10H,2,5-6,11-13H2,(H,21,22). The summed E-state index contributed by atoms with van der Waals surface area (Å²) in [5, 5.41) is 9.40. The Morgan fingerprint density at radius 2 is 1.77 bits per heavy atom. The predicted molar refractivity (Wildman–Crippen MR) is 85.8 cm³/mol. The third kappa shape index (κ3) is 3.34. The van der Waals surface area contributed by atoms with Crippen LogP contribution in [0.1, 0.15) is 35.3 Å². The maximum atomic E-state index is 11.5. The Bertz CT molecular complexity index is 649. The fourth-order valence-corrected chi connectivity index (χ4v) is 2.92. The average Bonchev–Trinajstić information content (AvgIpc) is 2.56. The number of pyridine rings is 1. The molecule has 1 saturated heterocycles. The Morgan fingerprint density at radius 1 is 1.05 bits per heavy atom. The van der Waals surface area contributed by atoms with E-state index in [-0.39, 0.29) is 0 Å². The summed E-state index contributed by atoms with van der Waals surface area (Å²) >= 11 is 0. The molecule has 0 atom stereocenters. The van der Waals surface area contributed by atoms with Crippen LogP contribution in [0.5, 0.6) is 0 Å². The lowest BCUT2D eigenvalue weighted by Gasteiger charge is -2.26. The minimum Gasteiger partial charge on any atom is -0.478 e. The maximum Gasteiger partial charge on any atom is 0.337 e. The van der Waals surface area contributed by atoms with Crippen molar-refractivity contribution < 1.29 is 9.90 Å². The number of carboxylic acids is 1. The molecule has 1 N–H and O–H groups in total.